The van der Waals surface area contributed by atoms with Crippen molar-refractivity contribution >= 4 is 5.91 Å². The Bertz CT molecular complexity index is 400. The van der Waals surface area contributed by atoms with Gasteiger partial charge in [-0.25, -0.2) is 0 Å². The van der Waals surface area contributed by atoms with Gasteiger partial charge in [-0.1, -0.05) is 27.7 Å². The van der Waals surface area contributed by atoms with Crippen LogP contribution in [0.5, 0.6) is 5.75 Å². The lowest BCUT2D eigenvalue weighted by molar-refractivity contribution is 0.0922. The van der Waals surface area contributed by atoms with Crippen molar-refractivity contribution in [3.05, 3.63) is 24.0 Å². The fraction of sp³-hybridized carbons (Fsp3) is 0.538. The van der Waals surface area contributed by atoms with Crippen molar-refractivity contribution in [1.29, 1.82) is 0 Å². The maximum atomic E-state index is 11.8. The van der Waals surface area contributed by atoms with E-state index in [1.54, 1.807) is 0 Å². The number of hydrogen-bond donors (Lipinski definition) is 2. The van der Waals surface area contributed by atoms with Crippen LogP contribution in [-0.4, -0.2) is 22.5 Å². The summed E-state index contributed by atoms with van der Waals surface area (Å²) in [6, 6.07) is 1.51. The summed E-state index contributed by atoms with van der Waals surface area (Å²) in [6.07, 6.45) is 2.75. The molecular formula is C13H20N2O2. The molecule has 0 saturated carbocycles. The molecule has 1 aromatic rings. The topological polar surface area (TPSA) is 62.2 Å². The number of amides is 1. The smallest absolute Gasteiger partial charge is 0.255 e. The molecule has 0 fully saturated rings. The van der Waals surface area contributed by atoms with Crippen LogP contribution in [-0.2, 0) is 0 Å². The molecule has 0 saturated heterocycles. The first-order valence-corrected chi connectivity index (χ1v) is 5.76. The van der Waals surface area contributed by atoms with Crippen LogP contribution in [0.25, 0.3) is 0 Å². The molecule has 2 N–H and O–H groups in total. The highest BCUT2D eigenvalue weighted by Gasteiger charge is 2.23. The molecule has 0 aliphatic heterocycles. The molecule has 1 amide bonds. The molecule has 1 heterocycles. The van der Waals surface area contributed by atoms with E-state index in [0.717, 1.165) is 0 Å². The average molecular weight is 236 g/mol. The summed E-state index contributed by atoms with van der Waals surface area (Å²) in [5.74, 6) is 0.111. The summed E-state index contributed by atoms with van der Waals surface area (Å²) >= 11 is 0. The molecule has 0 aromatic carbocycles. The molecule has 4 heteroatoms. The molecule has 1 rings (SSSR count). The second-order valence-electron chi connectivity index (χ2n) is 5.22. The minimum atomic E-state index is -0.265. The second-order valence-corrected chi connectivity index (χ2v) is 5.22. The predicted molar refractivity (Wildman–Crippen MR) is 66.9 cm³/mol. The van der Waals surface area contributed by atoms with Gasteiger partial charge in [-0.15, -0.1) is 0 Å². The first kappa shape index (κ1) is 13.5. The highest BCUT2D eigenvalue weighted by molar-refractivity contribution is 5.96. The van der Waals surface area contributed by atoms with Crippen LogP contribution < -0.4 is 5.32 Å². The van der Waals surface area contributed by atoms with Gasteiger partial charge in [0, 0.05) is 12.7 Å². The molecule has 1 aromatic heterocycles. The van der Waals surface area contributed by atoms with Crippen molar-refractivity contribution in [2.75, 3.05) is 6.54 Å². The normalized spacial score (nSPS) is 11.6. The number of pyridine rings is 1. The molecule has 0 unspecified atom stereocenters. The summed E-state index contributed by atoms with van der Waals surface area (Å²) in [4.78, 5) is 15.6. The van der Waals surface area contributed by atoms with Crippen molar-refractivity contribution in [1.82, 2.24) is 10.3 Å². The van der Waals surface area contributed by atoms with E-state index in [4.69, 9.17) is 0 Å². The molecule has 0 bridgehead atoms. The lowest BCUT2D eigenvalue weighted by Gasteiger charge is -2.29. The predicted octanol–water partition coefficient (Wildman–Crippen LogP) is 2.20. The minimum absolute atomic E-state index is 0.0261. The molecule has 0 atom stereocenters. The number of carbonyl (C=O) groups excluding carboxylic acids is 1. The Morgan fingerprint density at radius 1 is 1.53 bits per heavy atom. The van der Waals surface area contributed by atoms with Crippen molar-refractivity contribution in [3.8, 4) is 5.75 Å². The van der Waals surface area contributed by atoms with E-state index < -0.39 is 0 Å². The third kappa shape index (κ3) is 3.44. The van der Waals surface area contributed by atoms with Gasteiger partial charge in [-0.2, -0.15) is 0 Å². The van der Waals surface area contributed by atoms with Gasteiger partial charge in [0.05, 0.1) is 11.8 Å². The molecule has 0 aliphatic rings. The third-order valence-electron chi connectivity index (χ3n) is 3.31. The van der Waals surface area contributed by atoms with E-state index in [1.165, 1.54) is 18.5 Å². The summed E-state index contributed by atoms with van der Waals surface area (Å²) in [6.45, 7) is 9.02. The lowest BCUT2D eigenvalue weighted by atomic mass is 9.81. The number of hydrogen-bond acceptors (Lipinski definition) is 3. The van der Waals surface area contributed by atoms with Crippen LogP contribution in [0.4, 0.5) is 0 Å². The van der Waals surface area contributed by atoms with Gasteiger partial charge in [-0.05, 0) is 17.4 Å². The number of nitrogens with zero attached hydrogens (tertiary/aromatic N) is 1. The third-order valence-corrected chi connectivity index (χ3v) is 3.31. The Morgan fingerprint density at radius 3 is 2.71 bits per heavy atom. The Labute approximate surface area is 102 Å². The monoisotopic (exact) mass is 236 g/mol. The van der Waals surface area contributed by atoms with E-state index in [9.17, 15) is 9.90 Å². The molecule has 0 spiro atoms. The number of aromatic nitrogens is 1. The van der Waals surface area contributed by atoms with Gasteiger partial charge in [0.2, 0.25) is 0 Å². The fourth-order valence-electron chi connectivity index (χ4n) is 1.19. The largest absolute Gasteiger partial charge is 0.505 e. The molecule has 0 aliphatic carbocycles. The van der Waals surface area contributed by atoms with Crippen LogP contribution in [0, 0.1) is 11.3 Å². The summed E-state index contributed by atoms with van der Waals surface area (Å²) in [5, 5.41) is 12.3. The maximum absolute atomic E-state index is 11.8. The molecule has 94 valence electrons. The zero-order chi connectivity index (χ0) is 13.1. The van der Waals surface area contributed by atoms with Gasteiger partial charge in [0.25, 0.3) is 5.91 Å². The zero-order valence-corrected chi connectivity index (χ0v) is 10.8. The Balaban J connectivity index is 2.66. The van der Waals surface area contributed by atoms with E-state index in [1.807, 2.05) is 0 Å². The molecular weight excluding hydrogens is 216 g/mol. The lowest BCUT2D eigenvalue weighted by Crippen LogP contribution is -2.37. The summed E-state index contributed by atoms with van der Waals surface area (Å²) in [5.41, 5.74) is 0.290. The summed E-state index contributed by atoms with van der Waals surface area (Å²) < 4.78 is 0. The SMILES string of the molecule is CC(C)C(C)(C)CNC(=O)c1ccncc1O. The van der Waals surface area contributed by atoms with Gasteiger partial charge in [0.15, 0.2) is 0 Å². The average Bonchev–Trinajstić information content (AvgIpc) is 2.26. The van der Waals surface area contributed by atoms with Crippen LogP contribution in [0.3, 0.4) is 0 Å². The van der Waals surface area contributed by atoms with E-state index in [0.29, 0.717) is 12.5 Å². The fourth-order valence-corrected chi connectivity index (χ4v) is 1.19. The number of rotatable bonds is 4. The standard InChI is InChI=1S/C13H20N2O2/c1-9(2)13(3,4)8-15-12(17)10-5-6-14-7-11(10)16/h5-7,9,16H,8H2,1-4H3,(H,15,17). The highest BCUT2D eigenvalue weighted by atomic mass is 16.3. The number of nitrogens with one attached hydrogen (secondary N) is 1. The first-order valence-electron chi connectivity index (χ1n) is 5.76. The Hall–Kier alpha value is -1.58. The Kier molecular flexibility index (Phi) is 4.10. The van der Waals surface area contributed by atoms with Gasteiger partial charge >= 0.3 is 0 Å². The van der Waals surface area contributed by atoms with Crippen molar-refractivity contribution in [2.45, 2.75) is 27.7 Å². The van der Waals surface area contributed by atoms with E-state index >= 15 is 0 Å². The number of aromatic hydroxyl groups is 1. The van der Waals surface area contributed by atoms with Gasteiger partial charge < -0.3 is 10.4 Å². The molecule has 4 nitrogen and oxygen atoms in total. The molecule has 17 heavy (non-hydrogen) atoms. The van der Waals surface area contributed by atoms with Crippen LogP contribution in [0.1, 0.15) is 38.1 Å². The molecule has 0 radical (unpaired) electrons. The van der Waals surface area contributed by atoms with Crippen LogP contribution >= 0.6 is 0 Å². The van der Waals surface area contributed by atoms with Crippen molar-refractivity contribution < 1.29 is 9.90 Å². The quantitative estimate of drug-likeness (QED) is 0.842. The van der Waals surface area contributed by atoms with Gasteiger partial charge in [0.1, 0.15) is 5.75 Å². The van der Waals surface area contributed by atoms with E-state index in [2.05, 4.69) is 38.0 Å². The first-order chi connectivity index (χ1) is 7.84. The van der Waals surface area contributed by atoms with Crippen LogP contribution in [0.2, 0.25) is 0 Å². The van der Waals surface area contributed by atoms with Gasteiger partial charge in [-0.3, -0.25) is 9.78 Å². The zero-order valence-electron chi connectivity index (χ0n) is 10.8. The van der Waals surface area contributed by atoms with Crippen molar-refractivity contribution in [2.24, 2.45) is 11.3 Å². The van der Waals surface area contributed by atoms with Crippen LogP contribution in [0.15, 0.2) is 18.5 Å². The Morgan fingerprint density at radius 2 is 2.18 bits per heavy atom. The maximum Gasteiger partial charge on any atom is 0.255 e. The summed E-state index contributed by atoms with van der Waals surface area (Å²) in [7, 11) is 0. The van der Waals surface area contributed by atoms with Crippen molar-refractivity contribution in [3.63, 3.8) is 0 Å². The minimum Gasteiger partial charge on any atom is -0.505 e. The second kappa shape index (κ2) is 5.17. The highest BCUT2D eigenvalue weighted by Crippen LogP contribution is 2.25. The number of carbonyl (C=O) groups is 1. The van der Waals surface area contributed by atoms with E-state index in [-0.39, 0.29) is 22.6 Å².